The van der Waals surface area contributed by atoms with Gasteiger partial charge in [0, 0.05) is 31.0 Å². The summed E-state index contributed by atoms with van der Waals surface area (Å²) in [7, 11) is 0. The van der Waals surface area contributed by atoms with E-state index in [0.29, 0.717) is 42.1 Å². The first kappa shape index (κ1) is 18.9. The fourth-order valence-electron chi connectivity index (χ4n) is 2.98. The molecule has 146 valence electrons. The normalized spacial score (nSPS) is 14.2. The third kappa shape index (κ3) is 4.52. The number of benzene rings is 1. The molecule has 3 aromatic rings. The molecule has 28 heavy (non-hydrogen) atoms. The summed E-state index contributed by atoms with van der Waals surface area (Å²) in [5.41, 5.74) is 1.64. The minimum Gasteiger partial charge on any atom is -0.378 e. The van der Waals surface area contributed by atoms with Crippen LogP contribution in [0.5, 0.6) is 0 Å². The first-order chi connectivity index (χ1) is 13.7. The quantitative estimate of drug-likeness (QED) is 0.654. The van der Waals surface area contributed by atoms with Gasteiger partial charge in [-0.1, -0.05) is 22.8 Å². The number of anilines is 2. The summed E-state index contributed by atoms with van der Waals surface area (Å²) < 4.78 is 10.7. The summed E-state index contributed by atoms with van der Waals surface area (Å²) in [6.45, 7) is 2.88. The number of thiophene rings is 1. The lowest BCUT2D eigenvalue weighted by Crippen LogP contribution is -2.36. The van der Waals surface area contributed by atoms with Gasteiger partial charge in [-0.2, -0.15) is 4.98 Å². The maximum atomic E-state index is 12.5. The van der Waals surface area contributed by atoms with E-state index in [-0.39, 0.29) is 12.3 Å². The number of hydrogen-bond donors (Lipinski definition) is 1. The maximum Gasteiger partial charge on any atom is 0.227 e. The summed E-state index contributed by atoms with van der Waals surface area (Å²) >= 11 is 7.68. The predicted molar refractivity (Wildman–Crippen MR) is 109 cm³/mol. The Morgan fingerprint density at radius 2 is 2.14 bits per heavy atom. The highest BCUT2D eigenvalue weighted by Crippen LogP contribution is 2.30. The second-order valence-electron chi connectivity index (χ2n) is 6.30. The minimum absolute atomic E-state index is 0.132. The molecule has 1 N–H and O–H groups in total. The standard InChI is InChI=1S/C19H19ClN4O3S/c20-13-3-4-15(24-7-9-26-10-8-24)14(12-13)21-17(25)5-6-18-22-19(23-27-18)16-2-1-11-28-16/h1-4,11-12H,5-10H2,(H,21,25). The molecule has 0 aliphatic carbocycles. The van der Waals surface area contributed by atoms with Crippen molar-refractivity contribution in [1.82, 2.24) is 10.1 Å². The predicted octanol–water partition coefficient (Wildman–Crippen LogP) is 3.86. The molecule has 1 saturated heterocycles. The Bertz CT molecular complexity index is 939. The van der Waals surface area contributed by atoms with Gasteiger partial charge in [0.05, 0.1) is 29.5 Å². The second kappa shape index (κ2) is 8.72. The molecule has 1 amide bonds. The number of amides is 1. The molecule has 1 aliphatic heterocycles. The number of morpholine rings is 1. The molecular weight excluding hydrogens is 400 g/mol. The first-order valence-electron chi connectivity index (χ1n) is 8.97. The van der Waals surface area contributed by atoms with Crippen LogP contribution in [-0.2, 0) is 16.0 Å². The lowest BCUT2D eigenvalue weighted by molar-refractivity contribution is -0.116. The van der Waals surface area contributed by atoms with Crippen LogP contribution in [0.25, 0.3) is 10.7 Å². The van der Waals surface area contributed by atoms with Gasteiger partial charge in [-0.05, 0) is 29.6 Å². The Kier molecular flexibility index (Phi) is 5.90. The Labute approximate surface area is 171 Å². The van der Waals surface area contributed by atoms with Crippen molar-refractivity contribution in [2.75, 3.05) is 36.5 Å². The van der Waals surface area contributed by atoms with Crippen LogP contribution in [0, 0.1) is 0 Å². The summed E-state index contributed by atoms with van der Waals surface area (Å²) in [5, 5.41) is 9.45. The van der Waals surface area contributed by atoms with Gasteiger partial charge < -0.3 is 19.5 Å². The molecule has 0 radical (unpaired) electrons. The van der Waals surface area contributed by atoms with E-state index in [0.717, 1.165) is 23.7 Å². The zero-order valence-electron chi connectivity index (χ0n) is 15.1. The van der Waals surface area contributed by atoms with Crippen LogP contribution in [0.2, 0.25) is 5.02 Å². The van der Waals surface area contributed by atoms with Crippen molar-refractivity contribution in [2.24, 2.45) is 0 Å². The SMILES string of the molecule is O=C(CCc1nc(-c2cccs2)no1)Nc1cc(Cl)ccc1N1CCOCC1. The average Bonchev–Trinajstić information content (AvgIpc) is 3.39. The number of nitrogens with zero attached hydrogens (tertiary/aromatic N) is 3. The smallest absolute Gasteiger partial charge is 0.227 e. The van der Waals surface area contributed by atoms with Crippen molar-refractivity contribution in [3.8, 4) is 10.7 Å². The van der Waals surface area contributed by atoms with Gasteiger partial charge in [-0.3, -0.25) is 4.79 Å². The monoisotopic (exact) mass is 418 g/mol. The number of halogens is 1. The van der Waals surface area contributed by atoms with Crippen molar-refractivity contribution in [3.05, 3.63) is 46.6 Å². The number of aromatic nitrogens is 2. The van der Waals surface area contributed by atoms with E-state index >= 15 is 0 Å². The lowest BCUT2D eigenvalue weighted by atomic mass is 10.2. The molecule has 1 aromatic carbocycles. The number of ether oxygens (including phenoxy) is 1. The topological polar surface area (TPSA) is 80.5 Å². The minimum atomic E-state index is -0.132. The van der Waals surface area contributed by atoms with Gasteiger partial charge >= 0.3 is 0 Å². The number of nitrogens with one attached hydrogen (secondary N) is 1. The van der Waals surface area contributed by atoms with Gasteiger partial charge in [-0.25, -0.2) is 0 Å². The molecule has 4 rings (SSSR count). The molecule has 2 aromatic heterocycles. The third-order valence-corrected chi connectivity index (χ3v) is 5.46. The number of rotatable bonds is 6. The van der Waals surface area contributed by atoms with E-state index in [1.165, 1.54) is 0 Å². The van der Waals surface area contributed by atoms with Crippen LogP contribution in [-0.4, -0.2) is 42.4 Å². The van der Waals surface area contributed by atoms with Crippen molar-refractivity contribution in [1.29, 1.82) is 0 Å². The zero-order valence-corrected chi connectivity index (χ0v) is 16.6. The molecule has 3 heterocycles. The molecule has 0 bridgehead atoms. The highest BCUT2D eigenvalue weighted by molar-refractivity contribution is 7.13. The molecular formula is C19H19ClN4O3S. The van der Waals surface area contributed by atoms with Crippen LogP contribution in [0.15, 0.2) is 40.2 Å². The van der Waals surface area contributed by atoms with Crippen LogP contribution >= 0.6 is 22.9 Å². The Morgan fingerprint density at radius 3 is 2.93 bits per heavy atom. The van der Waals surface area contributed by atoms with Crippen molar-refractivity contribution < 1.29 is 14.1 Å². The molecule has 9 heteroatoms. The fraction of sp³-hybridized carbons (Fsp3) is 0.316. The van der Waals surface area contributed by atoms with E-state index in [1.807, 2.05) is 29.6 Å². The lowest BCUT2D eigenvalue weighted by Gasteiger charge is -2.30. The van der Waals surface area contributed by atoms with Gasteiger partial charge in [0.1, 0.15) is 0 Å². The highest BCUT2D eigenvalue weighted by Gasteiger charge is 2.17. The molecule has 1 fully saturated rings. The highest BCUT2D eigenvalue weighted by atomic mass is 35.5. The van der Waals surface area contributed by atoms with Gasteiger partial charge in [0.2, 0.25) is 17.6 Å². The second-order valence-corrected chi connectivity index (χ2v) is 7.68. The van der Waals surface area contributed by atoms with Crippen LogP contribution in [0.3, 0.4) is 0 Å². The summed E-state index contributed by atoms with van der Waals surface area (Å²) in [6, 6.07) is 9.38. The first-order valence-corrected chi connectivity index (χ1v) is 10.2. The number of carbonyl (C=O) groups excluding carboxylic acids is 1. The number of aryl methyl sites for hydroxylation is 1. The Balaban J connectivity index is 1.39. The van der Waals surface area contributed by atoms with Crippen molar-refractivity contribution in [2.45, 2.75) is 12.8 Å². The molecule has 7 nitrogen and oxygen atoms in total. The van der Waals surface area contributed by atoms with E-state index < -0.39 is 0 Å². The van der Waals surface area contributed by atoms with E-state index in [1.54, 1.807) is 17.4 Å². The molecule has 1 aliphatic rings. The van der Waals surface area contributed by atoms with Gasteiger partial charge in [0.15, 0.2) is 0 Å². The van der Waals surface area contributed by atoms with E-state index in [4.69, 9.17) is 20.9 Å². The van der Waals surface area contributed by atoms with Crippen LogP contribution < -0.4 is 10.2 Å². The molecule has 0 saturated carbocycles. The summed E-state index contributed by atoms with van der Waals surface area (Å²) in [5.74, 6) is 0.862. The average molecular weight is 419 g/mol. The summed E-state index contributed by atoms with van der Waals surface area (Å²) in [4.78, 5) is 19.9. The van der Waals surface area contributed by atoms with Crippen LogP contribution in [0.4, 0.5) is 11.4 Å². The number of carbonyl (C=O) groups is 1. The van der Waals surface area contributed by atoms with E-state index in [9.17, 15) is 4.79 Å². The van der Waals surface area contributed by atoms with Crippen LogP contribution in [0.1, 0.15) is 12.3 Å². The van der Waals surface area contributed by atoms with Crippen molar-refractivity contribution in [3.63, 3.8) is 0 Å². The zero-order chi connectivity index (χ0) is 19.3. The molecule has 0 spiro atoms. The van der Waals surface area contributed by atoms with Gasteiger partial charge in [0.25, 0.3) is 0 Å². The summed E-state index contributed by atoms with van der Waals surface area (Å²) in [6.07, 6.45) is 0.610. The Hall–Kier alpha value is -2.42. The Morgan fingerprint density at radius 1 is 1.29 bits per heavy atom. The largest absolute Gasteiger partial charge is 0.378 e. The maximum absolute atomic E-state index is 12.5. The van der Waals surface area contributed by atoms with Gasteiger partial charge in [-0.15, -0.1) is 11.3 Å². The van der Waals surface area contributed by atoms with E-state index in [2.05, 4.69) is 20.4 Å². The number of hydrogen-bond acceptors (Lipinski definition) is 7. The van der Waals surface area contributed by atoms with Crippen molar-refractivity contribution >= 4 is 40.2 Å². The molecule has 0 atom stereocenters. The molecule has 0 unspecified atom stereocenters. The third-order valence-electron chi connectivity index (χ3n) is 4.36. The fourth-order valence-corrected chi connectivity index (χ4v) is 3.81.